The lowest BCUT2D eigenvalue weighted by atomic mass is 10.2. The van der Waals surface area contributed by atoms with Crippen LogP contribution in [-0.4, -0.2) is 35.7 Å². The van der Waals surface area contributed by atoms with Gasteiger partial charge in [0.1, 0.15) is 6.04 Å². The van der Waals surface area contributed by atoms with Gasteiger partial charge in [-0.3, -0.25) is 4.79 Å². The number of carboxylic acid groups (broad SMARTS) is 1. The fraction of sp³-hybridized carbons (Fsp3) is 0.889. The molecule has 0 saturated heterocycles. The van der Waals surface area contributed by atoms with Gasteiger partial charge in [0.2, 0.25) is 0 Å². The highest BCUT2D eigenvalue weighted by atomic mass is 32.2. The topological polar surface area (TPSA) is 49.3 Å². The van der Waals surface area contributed by atoms with E-state index in [1.54, 1.807) is 11.8 Å². The fourth-order valence-corrected chi connectivity index (χ4v) is 1.78. The molecule has 2 atom stereocenters. The molecule has 0 amide bonds. The molecule has 0 spiro atoms. The molecule has 0 heterocycles. The Balaban J connectivity index is 3.65. The Hall–Kier alpha value is -0.220. The van der Waals surface area contributed by atoms with E-state index in [0.29, 0.717) is 12.3 Å². The molecule has 0 aliphatic rings. The van der Waals surface area contributed by atoms with Gasteiger partial charge in [0.25, 0.3) is 0 Å². The van der Waals surface area contributed by atoms with E-state index in [9.17, 15) is 4.79 Å². The van der Waals surface area contributed by atoms with E-state index in [1.165, 1.54) is 0 Å². The van der Waals surface area contributed by atoms with E-state index in [-0.39, 0.29) is 6.04 Å². The maximum Gasteiger partial charge on any atom is 0.320 e. The Morgan fingerprint density at radius 1 is 1.62 bits per heavy atom. The average Bonchev–Trinajstić information content (AvgIpc) is 2.05. The molecule has 0 radical (unpaired) electrons. The quantitative estimate of drug-likeness (QED) is 0.660. The predicted octanol–water partition coefficient (Wildman–Crippen LogP) is 1.44. The minimum absolute atomic E-state index is 0.385. The molecule has 0 aromatic heterocycles. The molecule has 0 bridgehead atoms. The molecule has 4 heteroatoms. The van der Waals surface area contributed by atoms with Crippen molar-refractivity contribution in [3.05, 3.63) is 0 Å². The summed E-state index contributed by atoms with van der Waals surface area (Å²) < 4.78 is 0. The van der Waals surface area contributed by atoms with Gasteiger partial charge in [-0.1, -0.05) is 13.8 Å². The zero-order valence-corrected chi connectivity index (χ0v) is 9.36. The number of carbonyl (C=O) groups is 1. The molecule has 0 saturated carbocycles. The van der Waals surface area contributed by atoms with Gasteiger partial charge in [0.15, 0.2) is 0 Å². The summed E-state index contributed by atoms with van der Waals surface area (Å²) in [5.74, 6) is 0.852. The van der Waals surface area contributed by atoms with Crippen LogP contribution in [0, 0.1) is 5.92 Å². The second-order valence-corrected chi connectivity index (χ2v) is 4.18. The molecule has 3 nitrogen and oxygen atoms in total. The molecule has 0 aliphatic heterocycles. The number of aliphatic carboxylic acids is 1. The van der Waals surface area contributed by atoms with Crippen molar-refractivity contribution in [2.24, 2.45) is 5.92 Å². The van der Waals surface area contributed by atoms with E-state index in [4.69, 9.17) is 5.11 Å². The molecule has 0 fully saturated rings. The van der Waals surface area contributed by atoms with E-state index in [1.807, 2.05) is 6.92 Å². The summed E-state index contributed by atoms with van der Waals surface area (Å²) in [6.07, 6.45) is 2.70. The zero-order chi connectivity index (χ0) is 10.3. The Morgan fingerprint density at radius 3 is 2.62 bits per heavy atom. The van der Waals surface area contributed by atoms with Gasteiger partial charge in [-0.05, 0) is 30.9 Å². The lowest BCUT2D eigenvalue weighted by Gasteiger charge is -2.15. The molecule has 2 unspecified atom stereocenters. The number of nitrogens with one attached hydrogen (secondary N) is 1. The van der Waals surface area contributed by atoms with Gasteiger partial charge in [-0.15, -0.1) is 0 Å². The standard InChI is InChI=1S/C9H19NO2S/c1-4-8(9(11)12)10-5-7(2)6-13-3/h7-8,10H,4-6H2,1-3H3,(H,11,12). The molecule has 2 N–H and O–H groups in total. The maximum absolute atomic E-state index is 10.6. The number of rotatable bonds is 7. The highest BCUT2D eigenvalue weighted by Crippen LogP contribution is 2.03. The Morgan fingerprint density at radius 2 is 2.23 bits per heavy atom. The molecule has 0 aromatic carbocycles. The van der Waals surface area contributed by atoms with Crippen LogP contribution in [0.15, 0.2) is 0 Å². The monoisotopic (exact) mass is 205 g/mol. The molecule has 0 aromatic rings. The summed E-state index contributed by atoms with van der Waals surface area (Å²) in [7, 11) is 0. The second-order valence-electron chi connectivity index (χ2n) is 3.27. The van der Waals surface area contributed by atoms with Crippen LogP contribution < -0.4 is 5.32 Å². The van der Waals surface area contributed by atoms with Gasteiger partial charge in [-0.2, -0.15) is 11.8 Å². The van der Waals surface area contributed by atoms with E-state index in [0.717, 1.165) is 12.3 Å². The van der Waals surface area contributed by atoms with Crippen LogP contribution in [0.5, 0.6) is 0 Å². The summed E-state index contributed by atoms with van der Waals surface area (Å²) in [6.45, 7) is 4.79. The average molecular weight is 205 g/mol. The minimum atomic E-state index is -0.751. The Labute approximate surface area is 84.3 Å². The number of hydrogen-bond acceptors (Lipinski definition) is 3. The van der Waals surface area contributed by atoms with E-state index in [2.05, 4.69) is 18.5 Å². The molecule has 0 rings (SSSR count). The van der Waals surface area contributed by atoms with Crippen molar-refractivity contribution in [1.82, 2.24) is 5.32 Å². The normalized spacial score (nSPS) is 15.3. The largest absolute Gasteiger partial charge is 0.480 e. The van der Waals surface area contributed by atoms with E-state index < -0.39 is 5.97 Å². The summed E-state index contributed by atoms with van der Waals surface area (Å²) in [6, 6.07) is -0.385. The Kier molecular flexibility index (Phi) is 7.09. The minimum Gasteiger partial charge on any atom is -0.480 e. The van der Waals surface area contributed by atoms with Crippen molar-refractivity contribution in [2.75, 3.05) is 18.6 Å². The van der Waals surface area contributed by atoms with Gasteiger partial charge < -0.3 is 10.4 Å². The van der Waals surface area contributed by atoms with Crippen molar-refractivity contribution in [3.8, 4) is 0 Å². The number of hydrogen-bond donors (Lipinski definition) is 2. The van der Waals surface area contributed by atoms with Gasteiger partial charge in [-0.25, -0.2) is 0 Å². The van der Waals surface area contributed by atoms with Crippen LogP contribution in [0.3, 0.4) is 0 Å². The highest BCUT2D eigenvalue weighted by molar-refractivity contribution is 7.98. The molecule has 0 aliphatic carbocycles. The number of thioether (sulfide) groups is 1. The van der Waals surface area contributed by atoms with Gasteiger partial charge >= 0.3 is 5.97 Å². The van der Waals surface area contributed by atoms with Crippen molar-refractivity contribution in [1.29, 1.82) is 0 Å². The lowest BCUT2D eigenvalue weighted by Crippen LogP contribution is -2.38. The second kappa shape index (κ2) is 7.21. The van der Waals surface area contributed by atoms with Crippen molar-refractivity contribution < 1.29 is 9.90 Å². The van der Waals surface area contributed by atoms with Crippen molar-refractivity contribution in [3.63, 3.8) is 0 Å². The third-order valence-electron chi connectivity index (χ3n) is 1.87. The van der Waals surface area contributed by atoms with E-state index >= 15 is 0 Å². The molecule has 78 valence electrons. The molecule has 13 heavy (non-hydrogen) atoms. The SMILES string of the molecule is CCC(NCC(C)CSC)C(=O)O. The third kappa shape index (κ3) is 5.93. The first-order chi connectivity index (χ1) is 6.11. The molecular weight excluding hydrogens is 186 g/mol. The van der Waals surface area contributed by atoms with Crippen LogP contribution in [0.2, 0.25) is 0 Å². The maximum atomic E-state index is 10.6. The molecular formula is C9H19NO2S. The van der Waals surface area contributed by atoms with Gasteiger partial charge in [0.05, 0.1) is 0 Å². The first kappa shape index (κ1) is 12.8. The fourth-order valence-electron chi connectivity index (χ4n) is 1.09. The smallest absolute Gasteiger partial charge is 0.320 e. The van der Waals surface area contributed by atoms with Gasteiger partial charge in [0, 0.05) is 0 Å². The van der Waals surface area contributed by atoms with Crippen LogP contribution in [0.1, 0.15) is 20.3 Å². The van der Waals surface area contributed by atoms with Crippen LogP contribution in [-0.2, 0) is 4.79 Å². The van der Waals surface area contributed by atoms with Crippen LogP contribution in [0.25, 0.3) is 0 Å². The lowest BCUT2D eigenvalue weighted by molar-refractivity contribution is -0.139. The van der Waals surface area contributed by atoms with Crippen molar-refractivity contribution in [2.45, 2.75) is 26.3 Å². The highest BCUT2D eigenvalue weighted by Gasteiger charge is 2.14. The first-order valence-corrected chi connectivity index (χ1v) is 5.96. The summed E-state index contributed by atoms with van der Waals surface area (Å²) in [5.41, 5.74) is 0. The Bertz CT molecular complexity index is 153. The van der Waals surface area contributed by atoms with Crippen LogP contribution >= 0.6 is 11.8 Å². The predicted molar refractivity (Wildman–Crippen MR) is 57.3 cm³/mol. The van der Waals surface area contributed by atoms with Crippen molar-refractivity contribution >= 4 is 17.7 Å². The summed E-state index contributed by atoms with van der Waals surface area (Å²) in [5, 5.41) is 11.8. The summed E-state index contributed by atoms with van der Waals surface area (Å²) in [4.78, 5) is 10.6. The zero-order valence-electron chi connectivity index (χ0n) is 8.54. The summed E-state index contributed by atoms with van der Waals surface area (Å²) >= 11 is 1.79. The van der Waals surface area contributed by atoms with Crippen LogP contribution in [0.4, 0.5) is 0 Å². The number of carboxylic acids is 1. The first-order valence-electron chi connectivity index (χ1n) is 4.56. The third-order valence-corrected chi connectivity index (χ3v) is 2.77.